The summed E-state index contributed by atoms with van der Waals surface area (Å²) in [6.07, 6.45) is 1.56. The summed E-state index contributed by atoms with van der Waals surface area (Å²) in [5.41, 5.74) is 0.977. The van der Waals surface area contributed by atoms with Gasteiger partial charge in [-0.25, -0.2) is 8.78 Å². The average Bonchev–Trinajstić information content (AvgIpc) is 3.22. The molecule has 1 aliphatic rings. The number of thiocarbonyl (C=S) groups is 1. The van der Waals surface area contributed by atoms with Crippen LogP contribution in [-0.4, -0.2) is 10.2 Å². The molecular weight excluding hydrogens is 424 g/mol. The highest BCUT2D eigenvalue weighted by Crippen LogP contribution is 2.37. The predicted octanol–water partition coefficient (Wildman–Crippen LogP) is 6.28. The number of halogens is 3. The first-order valence-corrected chi connectivity index (χ1v) is 9.61. The molecule has 140 valence electrons. The Morgan fingerprint density at radius 3 is 2.68 bits per heavy atom. The number of carbonyl (C=O) groups is 1. The zero-order valence-electron chi connectivity index (χ0n) is 14.0. The standard InChI is InChI=1S/C20H10ClF2NO2S2/c21-15-8-11(4-6-16(15)23)17-7-5-14(26-17)10-18-19(25)24(20(27)28-18)13-3-1-2-12(22)9-13/h1-10H/b18-10+. The van der Waals surface area contributed by atoms with Gasteiger partial charge >= 0.3 is 0 Å². The highest BCUT2D eigenvalue weighted by Gasteiger charge is 2.33. The Labute approximate surface area is 173 Å². The molecule has 0 radical (unpaired) electrons. The van der Waals surface area contributed by atoms with E-state index in [-0.39, 0.29) is 10.9 Å². The van der Waals surface area contributed by atoms with E-state index < -0.39 is 11.6 Å². The third kappa shape index (κ3) is 3.61. The highest BCUT2D eigenvalue weighted by molar-refractivity contribution is 8.27. The molecule has 0 aliphatic carbocycles. The van der Waals surface area contributed by atoms with Gasteiger partial charge in [-0.05, 0) is 48.5 Å². The molecule has 0 atom stereocenters. The molecule has 2 heterocycles. The van der Waals surface area contributed by atoms with E-state index in [2.05, 4.69) is 0 Å². The second-order valence-corrected chi connectivity index (χ2v) is 7.91. The van der Waals surface area contributed by atoms with Crippen LogP contribution in [0.2, 0.25) is 5.02 Å². The van der Waals surface area contributed by atoms with Crippen LogP contribution in [0.4, 0.5) is 14.5 Å². The summed E-state index contributed by atoms with van der Waals surface area (Å²) in [4.78, 5) is 14.3. The molecule has 0 unspecified atom stereocenters. The number of nitrogens with zero attached hydrogens (tertiary/aromatic N) is 1. The van der Waals surface area contributed by atoms with Crippen molar-refractivity contribution in [3.63, 3.8) is 0 Å². The lowest BCUT2D eigenvalue weighted by Crippen LogP contribution is -2.27. The van der Waals surface area contributed by atoms with Crippen LogP contribution in [0, 0.1) is 11.6 Å². The molecule has 2 aromatic carbocycles. The molecule has 1 aliphatic heterocycles. The maximum atomic E-state index is 13.5. The molecule has 0 spiro atoms. The zero-order chi connectivity index (χ0) is 19.8. The number of benzene rings is 2. The first-order chi connectivity index (χ1) is 13.4. The summed E-state index contributed by atoms with van der Waals surface area (Å²) in [6, 6.07) is 13.3. The van der Waals surface area contributed by atoms with Gasteiger partial charge in [-0.1, -0.05) is 41.6 Å². The molecule has 28 heavy (non-hydrogen) atoms. The van der Waals surface area contributed by atoms with Crippen molar-refractivity contribution in [2.45, 2.75) is 0 Å². The lowest BCUT2D eigenvalue weighted by atomic mass is 10.2. The van der Waals surface area contributed by atoms with Crippen LogP contribution in [0.3, 0.4) is 0 Å². The summed E-state index contributed by atoms with van der Waals surface area (Å²) < 4.78 is 32.8. The minimum atomic E-state index is -0.516. The summed E-state index contributed by atoms with van der Waals surface area (Å²) in [5.74, 6) is -0.422. The van der Waals surface area contributed by atoms with Gasteiger partial charge in [0.2, 0.25) is 0 Å². The van der Waals surface area contributed by atoms with E-state index in [0.29, 0.717) is 32.0 Å². The highest BCUT2D eigenvalue weighted by atomic mass is 35.5. The lowest BCUT2D eigenvalue weighted by Gasteiger charge is -2.14. The molecular formula is C20H10ClF2NO2S2. The number of hydrogen-bond acceptors (Lipinski definition) is 4. The smallest absolute Gasteiger partial charge is 0.270 e. The first-order valence-electron chi connectivity index (χ1n) is 8.01. The number of thioether (sulfide) groups is 1. The Morgan fingerprint density at radius 2 is 1.93 bits per heavy atom. The third-order valence-corrected chi connectivity index (χ3v) is 5.56. The van der Waals surface area contributed by atoms with Crippen LogP contribution in [0.25, 0.3) is 17.4 Å². The number of carbonyl (C=O) groups excluding carboxylic acids is 1. The SMILES string of the molecule is O=C1/C(=C\c2ccc(-c3ccc(F)c(Cl)c3)o2)SC(=S)N1c1cccc(F)c1. The van der Waals surface area contributed by atoms with E-state index in [1.807, 2.05) is 0 Å². The van der Waals surface area contributed by atoms with Gasteiger partial charge in [0.25, 0.3) is 5.91 Å². The van der Waals surface area contributed by atoms with E-state index in [9.17, 15) is 13.6 Å². The fraction of sp³-hybridized carbons (Fsp3) is 0. The molecule has 1 amide bonds. The van der Waals surface area contributed by atoms with Crippen LogP contribution in [0.1, 0.15) is 5.76 Å². The molecule has 1 aromatic heterocycles. The molecule has 1 saturated heterocycles. The van der Waals surface area contributed by atoms with Crippen molar-refractivity contribution in [1.82, 2.24) is 0 Å². The van der Waals surface area contributed by atoms with Gasteiger partial charge in [0.1, 0.15) is 23.2 Å². The van der Waals surface area contributed by atoms with Crippen LogP contribution < -0.4 is 4.90 Å². The van der Waals surface area contributed by atoms with Gasteiger partial charge in [-0.2, -0.15) is 0 Å². The summed E-state index contributed by atoms with van der Waals surface area (Å²) in [6.45, 7) is 0. The predicted molar refractivity (Wildman–Crippen MR) is 111 cm³/mol. The molecule has 0 N–H and O–H groups in total. The maximum absolute atomic E-state index is 13.5. The number of rotatable bonds is 3. The number of amides is 1. The van der Waals surface area contributed by atoms with Crippen molar-refractivity contribution in [3.8, 4) is 11.3 Å². The fourth-order valence-electron chi connectivity index (χ4n) is 2.67. The van der Waals surface area contributed by atoms with Gasteiger partial charge in [0.15, 0.2) is 4.32 Å². The lowest BCUT2D eigenvalue weighted by molar-refractivity contribution is -0.113. The molecule has 0 saturated carbocycles. The van der Waals surface area contributed by atoms with Crippen LogP contribution in [0.15, 0.2) is 63.9 Å². The van der Waals surface area contributed by atoms with E-state index >= 15 is 0 Å². The number of anilines is 1. The van der Waals surface area contributed by atoms with Crippen molar-refractivity contribution in [2.75, 3.05) is 4.90 Å². The molecule has 8 heteroatoms. The van der Waals surface area contributed by atoms with Crippen LogP contribution in [-0.2, 0) is 4.79 Å². The van der Waals surface area contributed by atoms with Gasteiger partial charge in [0.05, 0.1) is 15.6 Å². The van der Waals surface area contributed by atoms with Gasteiger partial charge < -0.3 is 4.42 Å². The quantitative estimate of drug-likeness (QED) is 0.359. The second kappa shape index (κ2) is 7.50. The largest absolute Gasteiger partial charge is 0.457 e. The molecule has 3 nitrogen and oxygen atoms in total. The molecule has 1 fully saturated rings. The van der Waals surface area contributed by atoms with E-state index in [1.54, 1.807) is 30.3 Å². The summed E-state index contributed by atoms with van der Waals surface area (Å²) >= 11 is 12.2. The van der Waals surface area contributed by atoms with E-state index in [0.717, 1.165) is 11.8 Å². The van der Waals surface area contributed by atoms with Crippen LogP contribution in [0.5, 0.6) is 0 Å². The van der Waals surface area contributed by atoms with Crippen LogP contribution >= 0.6 is 35.6 Å². The second-order valence-electron chi connectivity index (χ2n) is 5.83. The fourth-order valence-corrected chi connectivity index (χ4v) is 4.13. The zero-order valence-corrected chi connectivity index (χ0v) is 16.4. The van der Waals surface area contributed by atoms with Crippen molar-refractivity contribution >= 4 is 57.6 Å². The Bertz CT molecular complexity index is 1140. The van der Waals surface area contributed by atoms with Crippen molar-refractivity contribution < 1.29 is 18.0 Å². The Balaban J connectivity index is 1.61. The Kier molecular flexibility index (Phi) is 5.05. The number of furan rings is 1. The van der Waals surface area contributed by atoms with Gasteiger partial charge in [-0.15, -0.1) is 0 Å². The first kappa shape index (κ1) is 18.9. The normalized spacial score (nSPS) is 15.7. The third-order valence-electron chi connectivity index (χ3n) is 3.96. The van der Waals surface area contributed by atoms with Crippen molar-refractivity contribution in [3.05, 3.63) is 81.9 Å². The molecule has 3 aromatic rings. The molecule has 0 bridgehead atoms. The van der Waals surface area contributed by atoms with Crippen molar-refractivity contribution in [2.24, 2.45) is 0 Å². The summed E-state index contributed by atoms with van der Waals surface area (Å²) in [5, 5.41) is -0.00795. The average molecular weight is 434 g/mol. The Morgan fingerprint density at radius 1 is 1.11 bits per heavy atom. The monoisotopic (exact) mass is 433 g/mol. The minimum absolute atomic E-state index is 0.00795. The maximum Gasteiger partial charge on any atom is 0.270 e. The molecule has 4 rings (SSSR count). The summed E-state index contributed by atoms with van der Waals surface area (Å²) in [7, 11) is 0. The Hall–Kier alpha value is -2.48. The van der Waals surface area contributed by atoms with Crippen molar-refractivity contribution in [1.29, 1.82) is 0 Å². The topological polar surface area (TPSA) is 33.5 Å². The van der Waals surface area contributed by atoms with E-state index in [1.165, 1.54) is 35.2 Å². The minimum Gasteiger partial charge on any atom is -0.457 e. The van der Waals surface area contributed by atoms with Gasteiger partial charge in [-0.3, -0.25) is 9.69 Å². The van der Waals surface area contributed by atoms with E-state index in [4.69, 9.17) is 28.2 Å². The van der Waals surface area contributed by atoms with Gasteiger partial charge in [0, 0.05) is 11.6 Å². The number of hydrogen-bond donors (Lipinski definition) is 0.